The summed E-state index contributed by atoms with van der Waals surface area (Å²) in [4.78, 5) is 14.0. The Kier molecular flexibility index (Phi) is 6.61. The van der Waals surface area contributed by atoms with Crippen molar-refractivity contribution < 1.29 is 26.4 Å². The van der Waals surface area contributed by atoms with Crippen LogP contribution in [0.25, 0.3) is 0 Å². The van der Waals surface area contributed by atoms with E-state index < -0.39 is 49.7 Å². The highest BCUT2D eigenvalue weighted by Gasteiger charge is 2.38. The van der Waals surface area contributed by atoms with Crippen LogP contribution in [-0.2, 0) is 16.0 Å². The number of aryl methyl sites for hydroxylation is 1. The topological polar surface area (TPSA) is 116 Å². The second-order valence-corrected chi connectivity index (χ2v) is 6.65. The van der Waals surface area contributed by atoms with Gasteiger partial charge < -0.3 is 11.5 Å². The maximum Gasteiger partial charge on any atom is 0.417 e. The highest BCUT2D eigenvalue weighted by molar-refractivity contribution is 7.91. The second-order valence-electron chi connectivity index (χ2n) is 4.41. The summed E-state index contributed by atoms with van der Waals surface area (Å²) in [7, 11) is -4.12. The molecule has 4 N–H and O–H groups in total. The highest BCUT2D eigenvalue weighted by atomic mass is 35.5. The minimum Gasteiger partial charge on any atom is -0.370 e. The third-order valence-electron chi connectivity index (χ3n) is 2.81. The first-order valence-electron chi connectivity index (χ1n) is 5.98. The largest absolute Gasteiger partial charge is 0.417 e. The summed E-state index contributed by atoms with van der Waals surface area (Å²) >= 11 is 0. The van der Waals surface area contributed by atoms with Gasteiger partial charge in [-0.25, -0.2) is 8.42 Å². The number of nitrogens with zero attached hydrogens (tertiary/aromatic N) is 1. The Balaban J connectivity index is 0.00000484. The van der Waals surface area contributed by atoms with Gasteiger partial charge in [-0.15, -0.1) is 12.4 Å². The molecule has 23 heavy (non-hydrogen) atoms. The van der Waals surface area contributed by atoms with Crippen LogP contribution in [0.4, 0.5) is 13.2 Å². The summed E-state index contributed by atoms with van der Waals surface area (Å²) in [6.45, 7) is 2.52. The molecule has 0 aliphatic rings. The van der Waals surface area contributed by atoms with Crippen molar-refractivity contribution in [1.29, 1.82) is 0 Å². The summed E-state index contributed by atoms with van der Waals surface area (Å²) in [6, 6.07) is 1.25. The molecule has 0 bridgehead atoms. The summed E-state index contributed by atoms with van der Waals surface area (Å²) in [5.74, 6) is -2.19. The Bertz CT molecular complexity index is 742. The van der Waals surface area contributed by atoms with Crippen molar-refractivity contribution in [3.05, 3.63) is 28.8 Å². The van der Waals surface area contributed by atoms with Gasteiger partial charge in [-0.3, -0.25) is 4.79 Å². The molecule has 130 valence electrons. The number of hydrogen-bond acceptors (Lipinski definition) is 3. The van der Waals surface area contributed by atoms with E-state index in [9.17, 15) is 26.4 Å². The van der Waals surface area contributed by atoms with E-state index in [0.29, 0.717) is 6.07 Å². The zero-order valence-corrected chi connectivity index (χ0v) is 13.8. The molecular weight excluding hydrogens is 359 g/mol. The summed E-state index contributed by atoms with van der Waals surface area (Å²) in [5.41, 5.74) is 8.21. The third kappa shape index (κ3) is 4.83. The van der Waals surface area contributed by atoms with Gasteiger partial charge in [-0.2, -0.15) is 18.2 Å². The lowest BCUT2D eigenvalue weighted by atomic mass is 10.0. The minimum atomic E-state index is -4.95. The van der Waals surface area contributed by atoms with Gasteiger partial charge in [-0.05, 0) is 24.6 Å². The number of aliphatic imine (C=N–C) groups is 1. The molecule has 1 aromatic carbocycles. The number of carbonyl (C=O) groups is 1. The van der Waals surface area contributed by atoms with Crippen LogP contribution >= 0.6 is 12.4 Å². The van der Waals surface area contributed by atoms with Crippen molar-refractivity contribution >= 4 is 34.1 Å². The molecular formula is C12H15ClF3N3O3S. The Morgan fingerprint density at radius 1 is 1.26 bits per heavy atom. The fourth-order valence-corrected chi connectivity index (χ4v) is 2.90. The van der Waals surface area contributed by atoms with Crippen LogP contribution in [0.15, 0.2) is 22.0 Å². The zero-order valence-electron chi connectivity index (χ0n) is 12.1. The van der Waals surface area contributed by atoms with Crippen molar-refractivity contribution in [2.24, 2.45) is 16.5 Å². The number of halogens is 4. The average Bonchev–Trinajstić information content (AvgIpc) is 2.35. The summed E-state index contributed by atoms with van der Waals surface area (Å²) in [5, 5.41) is 0. The highest BCUT2D eigenvalue weighted by Crippen LogP contribution is 2.36. The van der Waals surface area contributed by atoms with Crippen LogP contribution in [0.1, 0.15) is 28.4 Å². The third-order valence-corrected chi connectivity index (χ3v) is 4.58. The Hall–Kier alpha value is -1.81. The molecule has 0 unspecified atom stereocenters. The smallest absolute Gasteiger partial charge is 0.370 e. The molecule has 0 spiro atoms. The van der Waals surface area contributed by atoms with Crippen LogP contribution in [0, 0.1) is 6.92 Å². The van der Waals surface area contributed by atoms with E-state index in [4.69, 9.17) is 11.5 Å². The molecule has 0 aliphatic heterocycles. The van der Waals surface area contributed by atoms with E-state index in [-0.39, 0.29) is 18.0 Å². The molecule has 0 fully saturated rings. The van der Waals surface area contributed by atoms with Crippen molar-refractivity contribution in [2.75, 3.05) is 5.75 Å². The van der Waals surface area contributed by atoms with Gasteiger partial charge in [0.2, 0.25) is 0 Å². The molecule has 0 aliphatic carbocycles. The van der Waals surface area contributed by atoms with Crippen molar-refractivity contribution in [3.63, 3.8) is 0 Å². The number of hydrogen-bond donors (Lipinski definition) is 2. The number of benzene rings is 1. The number of carbonyl (C=O) groups excluding carboxylic acids is 1. The van der Waals surface area contributed by atoms with Gasteiger partial charge in [0.1, 0.15) is 0 Å². The van der Waals surface area contributed by atoms with Crippen LogP contribution < -0.4 is 11.5 Å². The van der Waals surface area contributed by atoms with Gasteiger partial charge >= 0.3 is 6.18 Å². The van der Waals surface area contributed by atoms with Crippen LogP contribution in [0.5, 0.6) is 0 Å². The van der Waals surface area contributed by atoms with Gasteiger partial charge in [0, 0.05) is 5.56 Å². The normalized spacial score (nSPS) is 11.5. The molecule has 0 heterocycles. The number of nitrogens with two attached hydrogens (primary N) is 2. The molecule has 0 radical (unpaired) electrons. The molecule has 11 heteroatoms. The van der Waals surface area contributed by atoms with E-state index in [2.05, 4.69) is 4.99 Å². The first-order valence-corrected chi connectivity index (χ1v) is 7.64. The molecule has 0 aromatic heterocycles. The lowest BCUT2D eigenvalue weighted by molar-refractivity contribution is -0.139. The van der Waals surface area contributed by atoms with E-state index >= 15 is 0 Å². The summed E-state index contributed by atoms with van der Waals surface area (Å²) in [6.07, 6.45) is -4.95. The first kappa shape index (κ1) is 21.2. The van der Waals surface area contributed by atoms with Crippen molar-refractivity contribution in [1.82, 2.24) is 0 Å². The van der Waals surface area contributed by atoms with E-state index in [0.717, 1.165) is 6.07 Å². The Morgan fingerprint density at radius 2 is 1.78 bits per heavy atom. The van der Waals surface area contributed by atoms with E-state index in [1.165, 1.54) is 13.8 Å². The van der Waals surface area contributed by atoms with Crippen molar-refractivity contribution in [3.8, 4) is 0 Å². The van der Waals surface area contributed by atoms with Crippen LogP contribution in [0.3, 0.4) is 0 Å². The second kappa shape index (κ2) is 7.18. The van der Waals surface area contributed by atoms with E-state index in [1.54, 1.807) is 0 Å². The Morgan fingerprint density at radius 3 is 2.17 bits per heavy atom. The van der Waals surface area contributed by atoms with Crippen LogP contribution in [0.2, 0.25) is 0 Å². The number of amides is 1. The lowest BCUT2D eigenvalue weighted by Crippen LogP contribution is -2.24. The SMILES string of the molecule is CCS(=O)(=O)c1cc(C)c(C(=O)N=C(N)N)cc1C(F)(F)F.Cl. The molecule has 1 aromatic rings. The number of alkyl halides is 3. The summed E-state index contributed by atoms with van der Waals surface area (Å²) < 4.78 is 62.9. The maximum absolute atomic E-state index is 13.1. The molecule has 6 nitrogen and oxygen atoms in total. The molecule has 1 amide bonds. The standard InChI is InChI=1S/C12H14F3N3O3S.ClH/c1-3-22(20,21)9-4-6(2)7(10(19)18-11(16)17)5-8(9)12(13,14)15;/h4-5H,3H2,1-2H3,(H4,16,17,18,19);1H. The van der Waals surface area contributed by atoms with E-state index in [1.807, 2.05) is 0 Å². The fourth-order valence-electron chi connectivity index (χ4n) is 1.72. The molecule has 1 rings (SSSR count). The van der Waals surface area contributed by atoms with Crippen LogP contribution in [-0.4, -0.2) is 26.0 Å². The van der Waals surface area contributed by atoms with Gasteiger partial charge in [0.25, 0.3) is 5.91 Å². The predicted octanol–water partition coefficient (Wildman–Crippen LogP) is 1.64. The van der Waals surface area contributed by atoms with Gasteiger partial charge in [0.05, 0.1) is 16.2 Å². The first-order chi connectivity index (χ1) is 9.90. The quantitative estimate of drug-likeness (QED) is 0.617. The van der Waals surface area contributed by atoms with Gasteiger partial charge in [0.15, 0.2) is 15.8 Å². The van der Waals surface area contributed by atoms with Crippen molar-refractivity contribution in [2.45, 2.75) is 24.9 Å². The van der Waals surface area contributed by atoms with Gasteiger partial charge in [-0.1, -0.05) is 6.92 Å². The molecule has 0 saturated carbocycles. The average molecular weight is 374 g/mol. The molecule has 0 saturated heterocycles. The Labute approximate surface area is 137 Å². The number of guanidine groups is 1. The lowest BCUT2D eigenvalue weighted by Gasteiger charge is -2.15. The monoisotopic (exact) mass is 373 g/mol. The number of rotatable bonds is 3. The maximum atomic E-state index is 13.1. The number of sulfone groups is 1. The minimum absolute atomic E-state index is 0. The zero-order chi connectivity index (χ0) is 17.3. The molecule has 0 atom stereocenters. The fraction of sp³-hybridized carbons (Fsp3) is 0.333. The predicted molar refractivity (Wildman–Crippen MR) is 81.3 cm³/mol.